The van der Waals surface area contributed by atoms with Gasteiger partial charge in [-0.25, -0.2) is 0 Å². The number of fused-ring (bicyclic) bond motifs is 1. The van der Waals surface area contributed by atoms with E-state index >= 15 is 0 Å². The maximum Gasteiger partial charge on any atom is 0.310 e. The average Bonchev–Trinajstić information content (AvgIpc) is 3.09. The number of nitrogens with zero attached hydrogens (tertiary/aromatic N) is 2. The van der Waals surface area contributed by atoms with Crippen LogP contribution < -0.4 is 9.47 Å². The molecule has 1 fully saturated rings. The molecule has 2 heterocycles. The van der Waals surface area contributed by atoms with Gasteiger partial charge in [0.2, 0.25) is 0 Å². The van der Waals surface area contributed by atoms with Crippen molar-refractivity contribution in [2.24, 2.45) is 17.3 Å². The summed E-state index contributed by atoms with van der Waals surface area (Å²) in [6.45, 7) is 11.3. The highest BCUT2D eigenvalue weighted by molar-refractivity contribution is 5.88. The zero-order chi connectivity index (χ0) is 21.0. The molecule has 1 saturated heterocycles. The van der Waals surface area contributed by atoms with Gasteiger partial charge in [-0.05, 0) is 68.9 Å². The van der Waals surface area contributed by atoms with Crippen LogP contribution in [0.4, 0.5) is 0 Å². The van der Waals surface area contributed by atoms with Crippen molar-refractivity contribution in [2.45, 2.75) is 40.5 Å². The number of ether oxygens (including phenoxy) is 2. The number of aromatic nitrogens is 1. The Bertz CT molecular complexity index is 822. The summed E-state index contributed by atoms with van der Waals surface area (Å²) in [5, 5.41) is 14.2. The van der Waals surface area contributed by atoms with Gasteiger partial charge in [0.15, 0.2) is 5.58 Å². The number of benzene rings is 1. The molecule has 1 N–H and O–H groups in total. The van der Waals surface area contributed by atoms with E-state index in [1.807, 2.05) is 18.2 Å². The van der Waals surface area contributed by atoms with E-state index in [0.717, 1.165) is 37.1 Å². The van der Waals surface area contributed by atoms with Crippen LogP contribution in [0.15, 0.2) is 22.7 Å². The van der Waals surface area contributed by atoms with Crippen LogP contribution in [-0.4, -0.2) is 54.0 Å². The molecule has 0 aliphatic carbocycles. The van der Waals surface area contributed by atoms with Crippen molar-refractivity contribution in [2.75, 3.05) is 32.8 Å². The number of piperidine rings is 1. The normalized spacial score (nSPS) is 16.4. The second-order valence-electron chi connectivity index (χ2n) is 9.04. The number of aliphatic carboxylic acids is 1. The van der Waals surface area contributed by atoms with Crippen LogP contribution in [0.2, 0.25) is 0 Å². The highest BCUT2D eigenvalue weighted by Gasteiger charge is 2.31. The molecule has 1 aromatic heterocycles. The van der Waals surface area contributed by atoms with Crippen molar-refractivity contribution in [3.05, 3.63) is 18.2 Å². The molecule has 0 radical (unpaired) electrons. The predicted molar refractivity (Wildman–Crippen MR) is 110 cm³/mol. The molecule has 0 amide bonds. The monoisotopic (exact) mass is 404 g/mol. The first-order valence-corrected chi connectivity index (χ1v) is 10.4. The zero-order valence-corrected chi connectivity index (χ0v) is 17.8. The molecule has 0 bridgehead atoms. The molecule has 2 aromatic rings. The molecule has 0 unspecified atom stereocenters. The molecule has 29 heavy (non-hydrogen) atoms. The third kappa shape index (κ3) is 5.41. The van der Waals surface area contributed by atoms with Crippen LogP contribution in [0.1, 0.15) is 40.5 Å². The van der Waals surface area contributed by atoms with Gasteiger partial charge in [-0.2, -0.15) is 0 Å². The Balaban J connectivity index is 1.56. The number of carbonyl (C=O) groups is 1. The SMILES string of the molecule is CC(C)COc1cccc2onc(OCC3CCN(CC(C)(C)C(=O)O)CC3)c12. The van der Waals surface area contributed by atoms with E-state index in [-0.39, 0.29) is 0 Å². The first kappa shape index (κ1) is 21.4. The lowest BCUT2D eigenvalue weighted by atomic mass is 9.90. The van der Waals surface area contributed by atoms with E-state index in [9.17, 15) is 9.90 Å². The summed E-state index contributed by atoms with van der Waals surface area (Å²) in [6, 6.07) is 5.67. The van der Waals surface area contributed by atoms with E-state index in [2.05, 4.69) is 23.9 Å². The molecule has 1 aliphatic heterocycles. The van der Waals surface area contributed by atoms with Crippen LogP contribution in [0.3, 0.4) is 0 Å². The largest absolute Gasteiger partial charge is 0.492 e. The minimum atomic E-state index is -0.753. The van der Waals surface area contributed by atoms with Gasteiger partial charge in [-0.3, -0.25) is 4.79 Å². The van der Waals surface area contributed by atoms with Gasteiger partial charge in [-0.15, -0.1) is 0 Å². The number of hydrogen-bond donors (Lipinski definition) is 1. The summed E-state index contributed by atoms with van der Waals surface area (Å²) < 4.78 is 17.4. The zero-order valence-electron chi connectivity index (χ0n) is 17.8. The summed E-state index contributed by atoms with van der Waals surface area (Å²) in [4.78, 5) is 13.6. The lowest BCUT2D eigenvalue weighted by Crippen LogP contribution is -2.43. The van der Waals surface area contributed by atoms with Crippen molar-refractivity contribution >= 4 is 16.9 Å². The molecule has 160 valence electrons. The van der Waals surface area contributed by atoms with Gasteiger partial charge < -0.3 is 24.0 Å². The standard InChI is InChI=1S/C22H32N2O5/c1-15(2)12-27-17-6-5-7-18-19(17)20(23-29-18)28-13-16-8-10-24(11-9-16)14-22(3,4)21(25)26/h5-7,15-16H,8-14H2,1-4H3,(H,25,26). The Morgan fingerprint density at radius 2 is 2.03 bits per heavy atom. The summed E-state index contributed by atoms with van der Waals surface area (Å²) in [5.41, 5.74) is -0.0676. The summed E-state index contributed by atoms with van der Waals surface area (Å²) in [5.74, 6) is 1.30. The first-order chi connectivity index (χ1) is 13.8. The van der Waals surface area contributed by atoms with Crippen LogP contribution in [0.25, 0.3) is 11.0 Å². The molecule has 1 aromatic carbocycles. The van der Waals surface area contributed by atoms with Crippen molar-refractivity contribution < 1.29 is 23.9 Å². The molecule has 7 heteroatoms. The number of carboxylic acid groups (broad SMARTS) is 1. The van der Waals surface area contributed by atoms with Crippen molar-refractivity contribution in [3.63, 3.8) is 0 Å². The second-order valence-corrected chi connectivity index (χ2v) is 9.04. The molecule has 0 saturated carbocycles. The van der Waals surface area contributed by atoms with Gasteiger partial charge in [0, 0.05) is 6.54 Å². The Hall–Kier alpha value is -2.28. The molecule has 0 spiro atoms. The van der Waals surface area contributed by atoms with E-state index < -0.39 is 11.4 Å². The lowest BCUT2D eigenvalue weighted by Gasteiger charge is -2.35. The second kappa shape index (κ2) is 9.03. The van der Waals surface area contributed by atoms with Gasteiger partial charge in [0.05, 0.1) is 18.6 Å². The van der Waals surface area contributed by atoms with Gasteiger partial charge in [0.25, 0.3) is 5.88 Å². The highest BCUT2D eigenvalue weighted by Crippen LogP contribution is 2.34. The lowest BCUT2D eigenvalue weighted by molar-refractivity contribution is -0.148. The third-order valence-electron chi connectivity index (χ3n) is 5.36. The Labute approximate surface area is 171 Å². The van der Waals surface area contributed by atoms with Crippen LogP contribution in [0, 0.1) is 17.3 Å². The molecule has 1 aliphatic rings. The average molecular weight is 405 g/mol. The smallest absolute Gasteiger partial charge is 0.310 e. The fraction of sp³-hybridized carbons (Fsp3) is 0.636. The fourth-order valence-electron chi connectivity index (χ4n) is 3.54. The van der Waals surface area contributed by atoms with Gasteiger partial charge >= 0.3 is 5.97 Å². The Kier molecular flexibility index (Phi) is 6.67. The minimum Gasteiger partial charge on any atom is -0.492 e. The van der Waals surface area contributed by atoms with E-state index in [4.69, 9.17) is 14.0 Å². The maximum absolute atomic E-state index is 11.3. The summed E-state index contributed by atoms with van der Waals surface area (Å²) >= 11 is 0. The van der Waals surface area contributed by atoms with Crippen LogP contribution in [-0.2, 0) is 4.79 Å². The van der Waals surface area contributed by atoms with Crippen molar-refractivity contribution in [1.82, 2.24) is 10.1 Å². The topological polar surface area (TPSA) is 85.0 Å². The Morgan fingerprint density at radius 3 is 2.69 bits per heavy atom. The van der Waals surface area contributed by atoms with Gasteiger partial charge in [0.1, 0.15) is 11.1 Å². The summed E-state index contributed by atoms with van der Waals surface area (Å²) in [7, 11) is 0. The number of carboxylic acids is 1. The molecule has 3 rings (SSSR count). The van der Waals surface area contributed by atoms with Crippen LogP contribution >= 0.6 is 0 Å². The highest BCUT2D eigenvalue weighted by atomic mass is 16.5. The Morgan fingerprint density at radius 1 is 1.31 bits per heavy atom. The quantitative estimate of drug-likeness (QED) is 0.674. The molecular weight excluding hydrogens is 372 g/mol. The predicted octanol–water partition coefficient (Wildman–Crippen LogP) is 4.06. The van der Waals surface area contributed by atoms with E-state index in [1.165, 1.54) is 0 Å². The minimum absolute atomic E-state index is 0.412. The molecule has 7 nitrogen and oxygen atoms in total. The third-order valence-corrected chi connectivity index (χ3v) is 5.36. The molecular formula is C22H32N2O5. The van der Waals surface area contributed by atoms with Crippen molar-refractivity contribution in [1.29, 1.82) is 0 Å². The van der Waals surface area contributed by atoms with Crippen LogP contribution in [0.5, 0.6) is 11.6 Å². The maximum atomic E-state index is 11.3. The fourth-order valence-corrected chi connectivity index (χ4v) is 3.54. The molecule has 0 atom stereocenters. The summed E-state index contributed by atoms with van der Waals surface area (Å²) in [6.07, 6.45) is 1.95. The van der Waals surface area contributed by atoms with Crippen molar-refractivity contribution in [3.8, 4) is 11.6 Å². The number of rotatable bonds is 9. The van der Waals surface area contributed by atoms with Gasteiger partial charge in [-0.1, -0.05) is 19.9 Å². The number of likely N-dealkylation sites (tertiary alicyclic amines) is 1. The van der Waals surface area contributed by atoms with E-state index in [0.29, 0.717) is 43.1 Å². The van der Waals surface area contributed by atoms with E-state index in [1.54, 1.807) is 13.8 Å². The first-order valence-electron chi connectivity index (χ1n) is 10.4. The number of hydrogen-bond acceptors (Lipinski definition) is 6.